The van der Waals surface area contributed by atoms with Crippen molar-refractivity contribution in [3.05, 3.63) is 23.9 Å². The van der Waals surface area contributed by atoms with Crippen molar-refractivity contribution in [2.75, 3.05) is 33.4 Å². The molecule has 0 unspecified atom stereocenters. The molecular formula is C17H31IN4O2. The first-order valence-corrected chi connectivity index (χ1v) is 8.39. The van der Waals surface area contributed by atoms with Gasteiger partial charge in [-0.3, -0.25) is 0 Å². The summed E-state index contributed by atoms with van der Waals surface area (Å²) in [7, 11) is 1.61. The van der Waals surface area contributed by atoms with Crippen LogP contribution in [0.15, 0.2) is 23.3 Å². The minimum absolute atomic E-state index is 0. The quantitative estimate of drug-likeness (QED) is 0.235. The fourth-order valence-electron chi connectivity index (χ4n) is 1.87. The number of nitrogens with zero attached hydrogens (tertiary/aromatic N) is 2. The van der Waals surface area contributed by atoms with Gasteiger partial charge in [0.05, 0.1) is 13.7 Å². The van der Waals surface area contributed by atoms with Gasteiger partial charge in [-0.15, -0.1) is 24.0 Å². The highest BCUT2D eigenvalue weighted by Crippen LogP contribution is 2.07. The Hall–Kier alpha value is -1.09. The molecule has 0 atom stereocenters. The van der Waals surface area contributed by atoms with Gasteiger partial charge in [-0.1, -0.05) is 19.4 Å². The van der Waals surface area contributed by atoms with Gasteiger partial charge in [-0.2, -0.15) is 0 Å². The molecule has 1 heterocycles. The lowest BCUT2D eigenvalue weighted by Gasteiger charge is -2.11. The topological polar surface area (TPSA) is 67.8 Å². The predicted molar refractivity (Wildman–Crippen MR) is 109 cm³/mol. The molecule has 0 saturated carbocycles. The van der Waals surface area contributed by atoms with Gasteiger partial charge in [-0.05, 0) is 25.3 Å². The van der Waals surface area contributed by atoms with E-state index in [0.717, 1.165) is 50.7 Å². The van der Waals surface area contributed by atoms with Crippen molar-refractivity contribution in [3.63, 3.8) is 0 Å². The highest BCUT2D eigenvalue weighted by molar-refractivity contribution is 14.0. The summed E-state index contributed by atoms with van der Waals surface area (Å²) < 4.78 is 10.6. The number of hydrogen-bond acceptors (Lipinski definition) is 4. The van der Waals surface area contributed by atoms with E-state index in [9.17, 15) is 0 Å². The van der Waals surface area contributed by atoms with Crippen molar-refractivity contribution >= 4 is 29.9 Å². The van der Waals surface area contributed by atoms with Crippen molar-refractivity contribution < 1.29 is 9.47 Å². The number of rotatable bonds is 11. The molecule has 1 rings (SSSR count). The third kappa shape index (κ3) is 10.6. The number of halogens is 1. The fraction of sp³-hybridized carbons (Fsp3) is 0.647. The minimum Gasteiger partial charge on any atom is -0.481 e. The Balaban J connectivity index is 0.00000529. The summed E-state index contributed by atoms with van der Waals surface area (Å²) in [6.45, 7) is 8.13. The van der Waals surface area contributed by atoms with Gasteiger partial charge in [0, 0.05) is 38.6 Å². The van der Waals surface area contributed by atoms with Crippen LogP contribution < -0.4 is 15.4 Å². The summed E-state index contributed by atoms with van der Waals surface area (Å²) in [5.41, 5.74) is 1.05. The van der Waals surface area contributed by atoms with Crippen LogP contribution in [0.5, 0.6) is 5.88 Å². The number of hydrogen-bond donors (Lipinski definition) is 2. The number of unbranched alkanes of at least 4 members (excludes halogenated alkanes) is 1. The van der Waals surface area contributed by atoms with E-state index < -0.39 is 0 Å². The smallest absolute Gasteiger partial charge is 0.212 e. The van der Waals surface area contributed by atoms with E-state index in [1.165, 1.54) is 6.42 Å². The van der Waals surface area contributed by atoms with Gasteiger partial charge in [-0.25, -0.2) is 9.98 Å². The molecule has 0 aliphatic rings. The molecule has 6 nitrogen and oxygen atoms in total. The zero-order valence-electron chi connectivity index (χ0n) is 15.0. The SMILES string of the molecule is CCCCOCCCNC(=NCc1ccc(OC)nc1)NCC.I. The Morgan fingerprint density at radius 3 is 2.58 bits per heavy atom. The van der Waals surface area contributed by atoms with Crippen LogP contribution in [0, 0.1) is 0 Å². The molecule has 24 heavy (non-hydrogen) atoms. The Morgan fingerprint density at radius 2 is 1.96 bits per heavy atom. The van der Waals surface area contributed by atoms with Gasteiger partial charge in [0.15, 0.2) is 5.96 Å². The molecule has 1 aromatic heterocycles. The third-order valence-corrected chi connectivity index (χ3v) is 3.17. The van der Waals surface area contributed by atoms with Crippen LogP contribution in [0.2, 0.25) is 0 Å². The summed E-state index contributed by atoms with van der Waals surface area (Å²) >= 11 is 0. The van der Waals surface area contributed by atoms with E-state index in [1.54, 1.807) is 13.3 Å². The normalized spacial score (nSPS) is 10.9. The van der Waals surface area contributed by atoms with Crippen LogP contribution in [0.1, 0.15) is 38.7 Å². The van der Waals surface area contributed by atoms with Crippen LogP contribution in [-0.4, -0.2) is 44.4 Å². The molecule has 0 spiro atoms. The molecule has 0 bridgehead atoms. The molecule has 138 valence electrons. The molecule has 0 fully saturated rings. The van der Waals surface area contributed by atoms with Crippen LogP contribution in [0.25, 0.3) is 0 Å². The second-order valence-electron chi connectivity index (χ2n) is 5.15. The Labute approximate surface area is 162 Å². The molecule has 0 aliphatic carbocycles. The highest BCUT2D eigenvalue weighted by Gasteiger charge is 1.99. The molecule has 1 aromatic rings. The van der Waals surface area contributed by atoms with Gasteiger partial charge in [0.2, 0.25) is 5.88 Å². The van der Waals surface area contributed by atoms with E-state index in [0.29, 0.717) is 12.4 Å². The summed E-state index contributed by atoms with van der Waals surface area (Å²) in [6.07, 6.45) is 5.06. The Morgan fingerprint density at radius 1 is 1.17 bits per heavy atom. The van der Waals surface area contributed by atoms with Crippen LogP contribution in [0.3, 0.4) is 0 Å². The predicted octanol–water partition coefficient (Wildman–Crippen LogP) is 2.97. The van der Waals surface area contributed by atoms with Crippen molar-refractivity contribution in [2.45, 2.75) is 39.7 Å². The van der Waals surface area contributed by atoms with E-state index in [2.05, 4.69) is 34.5 Å². The number of pyridine rings is 1. The van der Waals surface area contributed by atoms with Gasteiger partial charge < -0.3 is 20.1 Å². The third-order valence-electron chi connectivity index (χ3n) is 3.17. The Kier molecular flexibility index (Phi) is 14.7. The number of aliphatic imine (C=N–C) groups is 1. The molecule has 0 amide bonds. The van der Waals surface area contributed by atoms with E-state index >= 15 is 0 Å². The lowest BCUT2D eigenvalue weighted by atomic mass is 10.3. The van der Waals surface area contributed by atoms with E-state index in [4.69, 9.17) is 9.47 Å². The number of methoxy groups -OCH3 is 1. The summed E-state index contributed by atoms with van der Waals surface area (Å²) in [5.74, 6) is 1.43. The fourth-order valence-corrected chi connectivity index (χ4v) is 1.87. The Bertz CT molecular complexity index is 441. The maximum Gasteiger partial charge on any atom is 0.212 e. The number of ether oxygens (including phenoxy) is 2. The molecule has 2 N–H and O–H groups in total. The molecular weight excluding hydrogens is 419 g/mol. The van der Waals surface area contributed by atoms with Crippen LogP contribution in [-0.2, 0) is 11.3 Å². The highest BCUT2D eigenvalue weighted by atomic mass is 127. The summed E-state index contributed by atoms with van der Waals surface area (Å²) in [5, 5.41) is 6.56. The number of guanidine groups is 1. The lowest BCUT2D eigenvalue weighted by molar-refractivity contribution is 0.129. The van der Waals surface area contributed by atoms with Crippen LogP contribution >= 0.6 is 24.0 Å². The monoisotopic (exact) mass is 450 g/mol. The van der Waals surface area contributed by atoms with Gasteiger partial charge >= 0.3 is 0 Å². The van der Waals surface area contributed by atoms with Gasteiger partial charge in [0.1, 0.15) is 0 Å². The molecule has 0 aromatic carbocycles. The first kappa shape index (κ1) is 22.9. The first-order valence-electron chi connectivity index (χ1n) is 8.39. The lowest BCUT2D eigenvalue weighted by Crippen LogP contribution is -2.38. The maximum absolute atomic E-state index is 5.55. The van der Waals surface area contributed by atoms with Gasteiger partial charge in [0.25, 0.3) is 0 Å². The standard InChI is InChI=1S/C17H30N4O2.HI/c1-4-6-11-23-12-7-10-19-17(18-5-2)21-14-15-8-9-16(22-3)20-13-15;/h8-9,13H,4-7,10-12,14H2,1-3H3,(H2,18,19,21);1H. The maximum atomic E-state index is 5.55. The van der Waals surface area contributed by atoms with Crippen molar-refractivity contribution in [2.24, 2.45) is 4.99 Å². The van der Waals surface area contributed by atoms with Crippen molar-refractivity contribution in [1.82, 2.24) is 15.6 Å². The van der Waals surface area contributed by atoms with Crippen molar-refractivity contribution in [1.29, 1.82) is 0 Å². The number of nitrogens with one attached hydrogen (secondary N) is 2. The molecule has 7 heteroatoms. The molecule has 0 aliphatic heterocycles. The van der Waals surface area contributed by atoms with E-state index in [1.807, 2.05) is 12.1 Å². The first-order chi connectivity index (χ1) is 11.3. The summed E-state index contributed by atoms with van der Waals surface area (Å²) in [6, 6.07) is 3.82. The average Bonchev–Trinajstić information content (AvgIpc) is 2.59. The molecule has 0 saturated heterocycles. The van der Waals surface area contributed by atoms with Crippen LogP contribution in [0.4, 0.5) is 0 Å². The van der Waals surface area contributed by atoms with E-state index in [-0.39, 0.29) is 24.0 Å². The zero-order valence-corrected chi connectivity index (χ0v) is 17.3. The second kappa shape index (κ2) is 15.4. The number of aromatic nitrogens is 1. The average molecular weight is 450 g/mol. The minimum atomic E-state index is 0. The molecule has 0 radical (unpaired) electrons. The zero-order chi connectivity index (χ0) is 16.8. The second-order valence-corrected chi connectivity index (χ2v) is 5.15. The summed E-state index contributed by atoms with van der Waals surface area (Å²) in [4.78, 5) is 8.74. The largest absolute Gasteiger partial charge is 0.481 e. The van der Waals surface area contributed by atoms with Crippen molar-refractivity contribution in [3.8, 4) is 5.88 Å².